The molecule has 1 aromatic heterocycles. The number of alkyl halides is 2. The van der Waals surface area contributed by atoms with Gasteiger partial charge in [0.25, 0.3) is 5.92 Å². The van der Waals surface area contributed by atoms with Crippen LogP contribution >= 0.6 is 0 Å². The Kier molecular flexibility index (Phi) is 5.53. The Hall–Kier alpha value is -2.03. The van der Waals surface area contributed by atoms with Crippen molar-refractivity contribution in [3.63, 3.8) is 0 Å². The van der Waals surface area contributed by atoms with Crippen molar-refractivity contribution < 1.29 is 23.5 Å². The monoisotopic (exact) mass is 344 g/mol. The molecule has 0 saturated carbocycles. The quantitative estimate of drug-likeness (QED) is 0.785. The molecule has 9 heteroatoms. The zero-order valence-corrected chi connectivity index (χ0v) is 13.7. The predicted molar refractivity (Wildman–Crippen MR) is 81.1 cm³/mol. The molecule has 0 aliphatic carbocycles. The molecule has 0 spiro atoms. The molecule has 24 heavy (non-hydrogen) atoms. The topological polar surface area (TPSA) is 87.5 Å². The molecule has 1 aliphatic heterocycles. The lowest BCUT2D eigenvalue weighted by molar-refractivity contribution is -0.144. The summed E-state index contributed by atoms with van der Waals surface area (Å²) in [4.78, 5) is 26.2. The van der Waals surface area contributed by atoms with Crippen LogP contribution in [0.3, 0.4) is 0 Å². The Balaban J connectivity index is 2.24. The first-order chi connectivity index (χ1) is 11.3. The Morgan fingerprint density at radius 1 is 1.54 bits per heavy atom. The Morgan fingerprint density at radius 3 is 2.79 bits per heavy atom. The summed E-state index contributed by atoms with van der Waals surface area (Å²) < 4.78 is 27.9. The molecule has 1 fully saturated rings. The van der Waals surface area contributed by atoms with E-state index in [1.54, 1.807) is 28.9 Å². The van der Waals surface area contributed by atoms with Crippen LogP contribution in [0.15, 0.2) is 12.3 Å². The molecule has 2 heterocycles. The van der Waals surface area contributed by atoms with E-state index in [-0.39, 0.29) is 18.7 Å². The fourth-order valence-corrected chi connectivity index (χ4v) is 3.04. The van der Waals surface area contributed by atoms with Gasteiger partial charge < -0.3 is 15.3 Å². The van der Waals surface area contributed by atoms with E-state index in [0.29, 0.717) is 12.2 Å². The van der Waals surface area contributed by atoms with E-state index in [9.17, 15) is 18.4 Å². The predicted octanol–water partition coefficient (Wildman–Crippen LogP) is 0.463. The number of amides is 2. The van der Waals surface area contributed by atoms with Gasteiger partial charge in [0.2, 0.25) is 11.8 Å². The number of carbonyl (C=O) groups is 2. The maximum absolute atomic E-state index is 13.2. The van der Waals surface area contributed by atoms with Gasteiger partial charge in [0.05, 0.1) is 24.2 Å². The fourth-order valence-electron chi connectivity index (χ4n) is 3.04. The van der Waals surface area contributed by atoms with Gasteiger partial charge >= 0.3 is 0 Å². The smallest absolute Gasteiger partial charge is 0.287 e. The minimum Gasteiger partial charge on any atom is -0.390 e. The minimum atomic E-state index is -3.37. The minimum absolute atomic E-state index is 0.0755. The summed E-state index contributed by atoms with van der Waals surface area (Å²) in [5.41, 5.74) is 0.680. The van der Waals surface area contributed by atoms with Crippen LogP contribution in [0.25, 0.3) is 0 Å². The summed E-state index contributed by atoms with van der Waals surface area (Å²) in [6.45, 7) is -0.0492. The molecule has 0 radical (unpaired) electrons. The van der Waals surface area contributed by atoms with E-state index in [4.69, 9.17) is 5.11 Å². The van der Waals surface area contributed by atoms with Gasteiger partial charge in [0.1, 0.15) is 6.61 Å². The standard InChI is InChI=1S/C15H22F2N4O3/c1-3-21-12(23)5-4-10(13(21)11-6-7-19-20(11)2)14(24)18-8-15(16,17)9-22/h6-7,10,13,22H,3-5,8-9H2,1-2H3,(H,18,24)/t10-,13-/m0/s1. The van der Waals surface area contributed by atoms with E-state index in [0.717, 1.165) is 0 Å². The molecule has 134 valence electrons. The van der Waals surface area contributed by atoms with Crippen LogP contribution in [-0.4, -0.2) is 57.2 Å². The Morgan fingerprint density at radius 2 is 2.25 bits per heavy atom. The van der Waals surface area contributed by atoms with Crippen molar-refractivity contribution in [1.82, 2.24) is 20.0 Å². The second-order valence-corrected chi connectivity index (χ2v) is 5.88. The average molecular weight is 344 g/mol. The lowest BCUT2D eigenvalue weighted by Crippen LogP contribution is -2.50. The summed E-state index contributed by atoms with van der Waals surface area (Å²) >= 11 is 0. The van der Waals surface area contributed by atoms with E-state index in [2.05, 4.69) is 10.4 Å². The number of hydrogen-bond donors (Lipinski definition) is 2. The van der Waals surface area contributed by atoms with Crippen LogP contribution < -0.4 is 5.32 Å². The van der Waals surface area contributed by atoms with Crippen LogP contribution in [0.5, 0.6) is 0 Å². The van der Waals surface area contributed by atoms with Crippen LogP contribution in [0.4, 0.5) is 8.78 Å². The highest BCUT2D eigenvalue weighted by molar-refractivity contribution is 5.85. The van der Waals surface area contributed by atoms with Crippen LogP contribution in [-0.2, 0) is 16.6 Å². The van der Waals surface area contributed by atoms with Gasteiger partial charge in [0, 0.05) is 26.2 Å². The van der Waals surface area contributed by atoms with Crippen LogP contribution in [0, 0.1) is 5.92 Å². The molecule has 7 nitrogen and oxygen atoms in total. The van der Waals surface area contributed by atoms with Gasteiger partial charge in [-0.25, -0.2) is 8.78 Å². The van der Waals surface area contributed by atoms with Crippen molar-refractivity contribution in [3.05, 3.63) is 18.0 Å². The third kappa shape index (κ3) is 3.72. The van der Waals surface area contributed by atoms with Gasteiger partial charge in [-0.3, -0.25) is 14.3 Å². The first-order valence-electron chi connectivity index (χ1n) is 7.84. The number of aliphatic hydroxyl groups excluding tert-OH is 1. The number of nitrogens with one attached hydrogen (secondary N) is 1. The number of aryl methyl sites for hydroxylation is 1. The first kappa shape index (κ1) is 18.3. The summed E-state index contributed by atoms with van der Waals surface area (Å²) in [6.07, 6.45) is 2.04. The number of carbonyl (C=O) groups excluding carboxylic acids is 2. The summed E-state index contributed by atoms with van der Waals surface area (Å²) in [7, 11) is 1.71. The van der Waals surface area contributed by atoms with Gasteiger partial charge in [-0.05, 0) is 19.4 Å². The molecule has 2 N–H and O–H groups in total. The molecule has 2 rings (SSSR count). The second kappa shape index (κ2) is 7.25. The van der Waals surface area contributed by atoms with Gasteiger partial charge in [-0.2, -0.15) is 5.10 Å². The molecule has 2 amide bonds. The third-order valence-corrected chi connectivity index (χ3v) is 4.30. The SMILES string of the molecule is CCN1C(=O)CC[C@H](C(=O)NCC(F)(F)CO)[C@H]1c1ccnn1C. The normalized spacial score (nSPS) is 21.9. The maximum atomic E-state index is 13.2. The van der Waals surface area contributed by atoms with Crippen molar-refractivity contribution >= 4 is 11.8 Å². The zero-order valence-electron chi connectivity index (χ0n) is 13.7. The van der Waals surface area contributed by atoms with Crippen molar-refractivity contribution in [2.75, 3.05) is 19.7 Å². The number of hydrogen-bond acceptors (Lipinski definition) is 4. The highest BCUT2D eigenvalue weighted by atomic mass is 19.3. The van der Waals surface area contributed by atoms with Crippen LogP contribution in [0.2, 0.25) is 0 Å². The number of halogens is 2. The average Bonchev–Trinajstić information content (AvgIpc) is 2.98. The maximum Gasteiger partial charge on any atom is 0.287 e. The number of likely N-dealkylation sites (tertiary alicyclic amines) is 1. The van der Waals surface area contributed by atoms with Crippen molar-refractivity contribution in [1.29, 1.82) is 0 Å². The molecule has 1 saturated heterocycles. The van der Waals surface area contributed by atoms with E-state index >= 15 is 0 Å². The fraction of sp³-hybridized carbons (Fsp3) is 0.667. The van der Waals surface area contributed by atoms with Crippen molar-refractivity contribution in [2.45, 2.75) is 31.7 Å². The number of aliphatic hydroxyl groups is 1. The van der Waals surface area contributed by atoms with Gasteiger partial charge in [0.15, 0.2) is 0 Å². The van der Waals surface area contributed by atoms with Crippen LogP contribution in [0.1, 0.15) is 31.5 Å². The van der Waals surface area contributed by atoms with Crippen molar-refractivity contribution in [3.8, 4) is 0 Å². The summed E-state index contributed by atoms with van der Waals surface area (Å²) in [5.74, 6) is -4.65. The second-order valence-electron chi connectivity index (χ2n) is 5.88. The molecule has 1 aromatic rings. The van der Waals surface area contributed by atoms with E-state index in [1.165, 1.54) is 0 Å². The summed E-state index contributed by atoms with van der Waals surface area (Å²) in [6, 6.07) is 1.17. The largest absolute Gasteiger partial charge is 0.390 e. The molecule has 0 bridgehead atoms. The molecular weight excluding hydrogens is 322 g/mol. The zero-order chi connectivity index (χ0) is 17.9. The molecule has 1 aliphatic rings. The van der Waals surface area contributed by atoms with E-state index < -0.39 is 36.9 Å². The number of piperidine rings is 1. The Labute approximate surface area is 138 Å². The number of aromatic nitrogens is 2. The highest BCUT2D eigenvalue weighted by Gasteiger charge is 2.42. The lowest BCUT2D eigenvalue weighted by atomic mass is 9.85. The van der Waals surface area contributed by atoms with Gasteiger partial charge in [-0.15, -0.1) is 0 Å². The highest BCUT2D eigenvalue weighted by Crippen LogP contribution is 2.36. The Bertz CT molecular complexity index is 605. The van der Waals surface area contributed by atoms with E-state index in [1.807, 2.05) is 6.92 Å². The molecule has 0 aromatic carbocycles. The van der Waals surface area contributed by atoms with Gasteiger partial charge in [-0.1, -0.05) is 0 Å². The molecular formula is C15H22F2N4O3. The van der Waals surface area contributed by atoms with Crippen molar-refractivity contribution in [2.24, 2.45) is 13.0 Å². The summed E-state index contributed by atoms with van der Waals surface area (Å²) in [5, 5.41) is 14.9. The third-order valence-electron chi connectivity index (χ3n) is 4.30. The molecule has 2 atom stereocenters. The lowest BCUT2D eigenvalue weighted by Gasteiger charge is -2.40. The molecule has 0 unspecified atom stereocenters. The first-order valence-corrected chi connectivity index (χ1v) is 7.84. The number of rotatable bonds is 6. The number of nitrogens with zero attached hydrogens (tertiary/aromatic N) is 3.